The van der Waals surface area contributed by atoms with Crippen molar-refractivity contribution in [2.75, 3.05) is 25.0 Å². The maximum absolute atomic E-state index is 13.3. The van der Waals surface area contributed by atoms with Gasteiger partial charge in [0.25, 0.3) is 0 Å². The van der Waals surface area contributed by atoms with E-state index in [2.05, 4.69) is 24.3 Å². The van der Waals surface area contributed by atoms with E-state index >= 15 is 0 Å². The minimum atomic E-state index is -0.388. The van der Waals surface area contributed by atoms with Crippen LogP contribution in [0.1, 0.15) is 48.0 Å². The molecule has 0 unspecified atom stereocenters. The Morgan fingerprint density at radius 1 is 1.03 bits per heavy atom. The molecule has 5 rings (SSSR count). The van der Waals surface area contributed by atoms with Gasteiger partial charge in [-0.2, -0.15) is 0 Å². The first-order chi connectivity index (χ1) is 16.0. The summed E-state index contributed by atoms with van der Waals surface area (Å²) in [5.74, 6) is -0.120. The summed E-state index contributed by atoms with van der Waals surface area (Å²) in [7, 11) is 1.79. The SMILES string of the molecule is Cc1cc(-c2ccccc2)cc([C@@H]2CCCN(C(=O)C[C@H]3C(=O)N(C)c4ccccc43)C2)n1. The lowest BCUT2D eigenvalue weighted by atomic mass is 9.91. The lowest BCUT2D eigenvalue weighted by molar-refractivity contribution is -0.134. The third-order valence-electron chi connectivity index (χ3n) is 6.95. The number of likely N-dealkylation sites (N-methyl/N-ethyl adjacent to an activating group) is 1. The summed E-state index contributed by atoms with van der Waals surface area (Å²) in [6.45, 7) is 3.42. The molecule has 1 aromatic heterocycles. The van der Waals surface area contributed by atoms with Crippen molar-refractivity contribution >= 4 is 17.5 Å². The lowest BCUT2D eigenvalue weighted by Gasteiger charge is -2.33. The van der Waals surface area contributed by atoms with Crippen molar-refractivity contribution < 1.29 is 9.59 Å². The summed E-state index contributed by atoms with van der Waals surface area (Å²) in [5.41, 5.74) is 6.25. The van der Waals surface area contributed by atoms with E-state index in [1.54, 1.807) is 11.9 Å². The fraction of sp³-hybridized carbons (Fsp3) is 0.321. The zero-order valence-electron chi connectivity index (χ0n) is 19.2. The molecule has 0 saturated carbocycles. The Balaban J connectivity index is 1.33. The van der Waals surface area contributed by atoms with Crippen LogP contribution in [0.2, 0.25) is 0 Å². The Morgan fingerprint density at radius 2 is 1.79 bits per heavy atom. The lowest BCUT2D eigenvalue weighted by Crippen LogP contribution is -2.40. The first kappa shape index (κ1) is 21.4. The van der Waals surface area contributed by atoms with Crippen molar-refractivity contribution in [3.63, 3.8) is 0 Å². The van der Waals surface area contributed by atoms with E-state index < -0.39 is 0 Å². The van der Waals surface area contributed by atoms with E-state index in [1.807, 2.05) is 54.3 Å². The molecule has 3 aromatic rings. The second-order valence-electron chi connectivity index (χ2n) is 9.18. The summed E-state index contributed by atoms with van der Waals surface area (Å²) >= 11 is 0. The number of carbonyl (C=O) groups is 2. The van der Waals surface area contributed by atoms with E-state index in [9.17, 15) is 9.59 Å². The molecular weight excluding hydrogens is 410 g/mol. The van der Waals surface area contributed by atoms with Gasteiger partial charge in [-0.25, -0.2) is 0 Å². The van der Waals surface area contributed by atoms with Gasteiger partial charge < -0.3 is 9.80 Å². The maximum atomic E-state index is 13.3. The molecule has 2 aliphatic heterocycles. The number of aryl methyl sites for hydroxylation is 1. The molecule has 0 aliphatic carbocycles. The van der Waals surface area contributed by atoms with E-state index in [0.717, 1.165) is 47.6 Å². The van der Waals surface area contributed by atoms with Crippen molar-refractivity contribution in [3.05, 3.63) is 83.7 Å². The highest BCUT2D eigenvalue weighted by molar-refractivity contribution is 6.06. The number of aromatic nitrogens is 1. The molecule has 2 aliphatic rings. The van der Waals surface area contributed by atoms with Crippen molar-refractivity contribution in [2.24, 2.45) is 0 Å². The zero-order valence-corrected chi connectivity index (χ0v) is 19.2. The number of hydrogen-bond donors (Lipinski definition) is 0. The van der Waals surface area contributed by atoms with Gasteiger partial charge in [-0.05, 0) is 54.7 Å². The van der Waals surface area contributed by atoms with Crippen LogP contribution in [-0.4, -0.2) is 41.8 Å². The molecule has 0 radical (unpaired) electrons. The number of amides is 2. The van der Waals surface area contributed by atoms with Crippen LogP contribution in [0, 0.1) is 6.92 Å². The minimum absolute atomic E-state index is 0.00552. The first-order valence-electron chi connectivity index (χ1n) is 11.7. The van der Waals surface area contributed by atoms with Gasteiger partial charge in [0, 0.05) is 49.6 Å². The Bertz CT molecular complexity index is 1190. The van der Waals surface area contributed by atoms with Crippen molar-refractivity contribution in [1.82, 2.24) is 9.88 Å². The largest absolute Gasteiger partial charge is 0.342 e. The molecule has 33 heavy (non-hydrogen) atoms. The molecule has 0 N–H and O–H groups in total. The summed E-state index contributed by atoms with van der Waals surface area (Å²) in [4.78, 5) is 34.6. The smallest absolute Gasteiger partial charge is 0.234 e. The van der Waals surface area contributed by atoms with Crippen molar-refractivity contribution in [1.29, 1.82) is 0 Å². The minimum Gasteiger partial charge on any atom is -0.342 e. The quantitative estimate of drug-likeness (QED) is 0.580. The number of para-hydroxylation sites is 1. The highest BCUT2D eigenvalue weighted by Crippen LogP contribution is 2.39. The molecule has 0 bridgehead atoms. The third-order valence-corrected chi connectivity index (χ3v) is 6.95. The maximum Gasteiger partial charge on any atom is 0.234 e. The Kier molecular flexibility index (Phi) is 5.71. The number of carbonyl (C=O) groups excluding carboxylic acids is 2. The number of pyridine rings is 1. The predicted octanol–water partition coefficient (Wildman–Crippen LogP) is 4.91. The number of likely N-dealkylation sites (tertiary alicyclic amines) is 1. The fourth-order valence-electron chi connectivity index (χ4n) is 5.22. The Hall–Kier alpha value is -3.47. The fourth-order valence-corrected chi connectivity index (χ4v) is 5.22. The number of piperidine rings is 1. The van der Waals surface area contributed by atoms with Gasteiger partial charge in [-0.3, -0.25) is 14.6 Å². The molecule has 0 spiro atoms. The van der Waals surface area contributed by atoms with Crippen LogP contribution in [0.25, 0.3) is 11.1 Å². The number of rotatable bonds is 4. The van der Waals surface area contributed by atoms with Gasteiger partial charge in [0.1, 0.15) is 0 Å². The second-order valence-corrected chi connectivity index (χ2v) is 9.18. The highest BCUT2D eigenvalue weighted by Gasteiger charge is 2.37. The molecule has 2 aromatic carbocycles. The number of fused-ring (bicyclic) bond motifs is 1. The third kappa shape index (κ3) is 4.15. The van der Waals surface area contributed by atoms with E-state index in [0.29, 0.717) is 6.54 Å². The van der Waals surface area contributed by atoms with Gasteiger partial charge in [0.2, 0.25) is 11.8 Å². The molecule has 5 heteroatoms. The highest BCUT2D eigenvalue weighted by atomic mass is 16.2. The van der Waals surface area contributed by atoms with Crippen LogP contribution in [0.3, 0.4) is 0 Å². The van der Waals surface area contributed by atoms with Gasteiger partial charge in [0.05, 0.1) is 5.92 Å². The topological polar surface area (TPSA) is 53.5 Å². The van der Waals surface area contributed by atoms with Crippen LogP contribution in [0.15, 0.2) is 66.7 Å². The first-order valence-corrected chi connectivity index (χ1v) is 11.7. The van der Waals surface area contributed by atoms with E-state index in [4.69, 9.17) is 4.98 Å². The average molecular weight is 440 g/mol. The number of benzene rings is 2. The molecule has 2 atom stereocenters. The molecule has 3 heterocycles. The average Bonchev–Trinajstić information content (AvgIpc) is 3.09. The molecule has 2 amide bonds. The number of anilines is 1. The standard InChI is InChI=1S/C28H29N3O2/c1-19-15-22(20-9-4-3-5-10-20)16-25(29-19)21-11-8-14-31(18-21)27(32)17-24-23-12-6-7-13-26(23)30(2)28(24)33/h3-7,9-10,12-13,15-16,21,24H,8,11,14,17-18H2,1-2H3/t21-,24-/m1/s1. The number of hydrogen-bond acceptors (Lipinski definition) is 3. The van der Waals surface area contributed by atoms with Gasteiger partial charge >= 0.3 is 0 Å². The molecule has 5 nitrogen and oxygen atoms in total. The van der Waals surface area contributed by atoms with Crippen LogP contribution < -0.4 is 4.90 Å². The summed E-state index contributed by atoms with van der Waals surface area (Å²) in [6, 6.07) is 22.4. The zero-order chi connectivity index (χ0) is 22.9. The molecule has 1 saturated heterocycles. The van der Waals surface area contributed by atoms with Crippen molar-refractivity contribution in [3.8, 4) is 11.1 Å². The molecular formula is C28H29N3O2. The summed E-state index contributed by atoms with van der Waals surface area (Å²) in [6.07, 6.45) is 2.19. The predicted molar refractivity (Wildman–Crippen MR) is 130 cm³/mol. The summed E-state index contributed by atoms with van der Waals surface area (Å²) < 4.78 is 0. The van der Waals surface area contributed by atoms with Crippen molar-refractivity contribution in [2.45, 2.75) is 38.0 Å². The molecule has 168 valence electrons. The van der Waals surface area contributed by atoms with Crippen LogP contribution in [0.5, 0.6) is 0 Å². The van der Waals surface area contributed by atoms with Gasteiger partial charge in [0.15, 0.2) is 0 Å². The normalized spacial score (nSPS) is 20.1. The van der Waals surface area contributed by atoms with Crippen LogP contribution in [0.4, 0.5) is 5.69 Å². The van der Waals surface area contributed by atoms with E-state index in [1.165, 1.54) is 5.56 Å². The van der Waals surface area contributed by atoms with Gasteiger partial charge in [-0.15, -0.1) is 0 Å². The Labute approximate surface area is 195 Å². The van der Waals surface area contributed by atoms with Crippen LogP contribution in [-0.2, 0) is 9.59 Å². The van der Waals surface area contributed by atoms with E-state index in [-0.39, 0.29) is 30.1 Å². The van der Waals surface area contributed by atoms with Gasteiger partial charge in [-0.1, -0.05) is 48.5 Å². The molecule has 1 fully saturated rings. The second kappa shape index (κ2) is 8.81. The number of nitrogens with zero attached hydrogens (tertiary/aromatic N) is 3. The monoisotopic (exact) mass is 439 g/mol. The summed E-state index contributed by atoms with van der Waals surface area (Å²) in [5, 5.41) is 0. The van der Waals surface area contributed by atoms with Crippen LogP contribution >= 0.6 is 0 Å². The Morgan fingerprint density at radius 3 is 2.61 bits per heavy atom.